The lowest BCUT2D eigenvalue weighted by atomic mass is 9.81. The number of benzene rings is 1. The first-order valence-electron chi connectivity index (χ1n) is 12.4. The minimum atomic E-state index is -0.406. The van der Waals surface area contributed by atoms with E-state index in [1.165, 1.54) is 6.42 Å². The zero-order valence-corrected chi connectivity index (χ0v) is 19.7. The number of anilines is 3. The lowest BCUT2D eigenvalue weighted by Crippen LogP contribution is -2.45. The molecule has 4 rings (SSSR count). The Labute approximate surface area is 199 Å². The van der Waals surface area contributed by atoms with E-state index in [1.54, 1.807) is 31.2 Å². The maximum atomic E-state index is 12.8. The van der Waals surface area contributed by atoms with Gasteiger partial charge in [0, 0.05) is 31.2 Å². The number of ether oxygens (including phenoxy) is 1. The van der Waals surface area contributed by atoms with E-state index in [0.29, 0.717) is 41.7 Å². The fourth-order valence-corrected chi connectivity index (χ4v) is 5.02. The van der Waals surface area contributed by atoms with Crippen molar-refractivity contribution in [1.82, 2.24) is 0 Å². The zero-order chi connectivity index (χ0) is 24.1. The minimum Gasteiger partial charge on any atom is -0.462 e. The van der Waals surface area contributed by atoms with Crippen molar-refractivity contribution >= 4 is 28.9 Å². The number of carbonyl (C=O) groups is 2. The average Bonchev–Trinajstić information content (AvgIpc) is 2.87. The van der Waals surface area contributed by atoms with Crippen molar-refractivity contribution in [1.29, 1.82) is 0 Å². The van der Waals surface area contributed by atoms with E-state index in [1.807, 2.05) is 4.90 Å². The van der Waals surface area contributed by atoms with Crippen LogP contribution in [0.4, 0.5) is 17.1 Å². The summed E-state index contributed by atoms with van der Waals surface area (Å²) in [5.74, 6) is -0.175. The van der Waals surface area contributed by atoms with E-state index in [0.717, 1.165) is 51.6 Å². The molecule has 1 saturated heterocycles. The summed E-state index contributed by atoms with van der Waals surface area (Å²) in [5, 5.41) is 6.18. The minimum absolute atomic E-state index is 0.0396. The van der Waals surface area contributed by atoms with E-state index in [9.17, 15) is 19.2 Å². The summed E-state index contributed by atoms with van der Waals surface area (Å²) in [6.07, 6.45) is 6.56. The van der Waals surface area contributed by atoms with Crippen LogP contribution in [0.1, 0.15) is 62.2 Å². The Morgan fingerprint density at radius 1 is 1.03 bits per heavy atom. The number of hydrogen-bond donors (Lipinski definition) is 2. The molecule has 0 unspecified atom stereocenters. The number of piperidine rings is 1. The molecule has 1 aliphatic heterocycles. The summed E-state index contributed by atoms with van der Waals surface area (Å²) in [5.41, 5.74) is 1.29. The van der Waals surface area contributed by atoms with Crippen molar-refractivity contribution < 1.29 is 14.3 Å². The molecular formula is C26H33N3O5. The third-order valence-corrected chi connectivity index (χ3v) is 6.98. The summed E-state index contributed by atoms with van der Waals surface area (Å²) in [6.45, 7) is 4.37. The predicted molar refractivity (Wildman–Crippen MR) is 132 cm³/mol. The van der Waals surface area contributed by atoms with Crippen LogP contribution in [0.2, 0.25) is 0 Å². The highest BCUT2D eigenvalue weighted by molar-refractivity contribution is 5.95. The Kier molecular flexibility index (Phi) is 7.65. The standard InChI is InChI=1S/C26H33N3O5/c1-2-34-26(33)19-7-6-8-20(15-19)28-25(32)18-11-9-17(10-12-18)16-27-21-22(24(31)23(21)30)29-13-4-3-5-14-29/h6-8,15,17-18,27H,2-5,9-14,16H2,1H3,(H,28,32). The quantitative estimate of drug-likeness (QED) is 0.453. The maximum Gasteiger partial charge on any atom is 0.338 e. The number of rotatable bonds is 8. The highest BCUT2D eigenvalue weighted by Gasteiger charge is 2.29. The van der Waals surface area contributed by atoms with Crippen LogP contribution in [0.3, 0.4) is 0 Å². The van der Waals surface area contributed by atoms with Gasteiger partial charge in [-0.15, -0.1) is 0 Å². The van der Waals surface area contributed by atoms with Gasteiger partial charge in [-0.25, -0.2) is 4.79 Å². The van der Waals surface area contributed by atoms with Crippen LogP contribution in [0.25, 0.3) is 0 Å². The zero-order valence-electron chi connectivity index (χ0n) is 19.7. The van der Waals surface area contributed by atoms with Crippen LogP contribution < -0.4 is 26.4 Å². The molecule has 34 heavy (non-hydrogen) atoms. The second-order valence-electron chi connectivity index (χ2n) is 9.32. The topological polar surface area (TPSA) is 105 Å². The van der Waals surface area contributed by atoms with Crippen LogP contribution in [-0.2, 0) is 9.53 Å². The predicted octanol–water partition coefficient (Wildman–Crippen LogP) is 3.31. The van der Waals surface area contributed by atoms with E-state index in [2.05, 4.69) is 10.6 Å². The highest BCUT2D eigenvalue weighted by Crippen LogP contribution is 2.31. The van der Waals surface area contributed by atoms with Gasteiger partial charge in [0.05, 0.1) is 12.2 Å². The fourth-order valence-electron chi connectivity index (χ4n) is 5.02. The summed E-state index contributed by atoms with van der Waals surface area (Å²) >= 11 is 0. The smallest absolute Gasteiger partial charge is 0.338 e. The first kappa shape index (κ1) is 24.0. The van der Waals surface area contributed by atoms with Gasteiger partial charge in [-0.3, -0.25) is 14.4 Å². The van der Waals surface area contributed by atoms with Crippen LogP contribution in [0, 0.1) is 11.8 Å². The van der Waals surface area contributed by atoms with Crippen molar-refractivity contribution in [2.75, 3.05) is 41.8 Å². The first-order chi connectivity index (χ1) is 16.5. The molecule has 8 nitrogen and oxygen atoms in total. The molecule has 8 heteroatoms. The molecule has 0 radical (unpaired) electrons. The normalized spacial score (nSPS) is 20.7. The molecule has 2 fully saturated rings. The summed E-state index contributed by atoms with van der Waals surface area (Å²) < 4.78 is 5.02. The molecule has 1 aliphatic carbocycles. The van der Waals surface area contributed by atoms with E-state index in [-0.39, 0.29) is 17.3 Å². The average molecular weight is 468 g/mol. The van der Waals surface area contributed by atoms with E-state index in [4.69, 9.17) is 4.74 Å². The number of carbonyl (C=O) groups excluding carboxylic acids is 2. The van der Waals surface area contributed by atoms with E-state index < -0.39 is 11.4 Å². The molecule has 0 atom stereocenters. The van der Waals surface area contributed by atoms with Gasteiger partial charge in [0.25, 0.3) is 10.9 Å². The molecule has 1 saturated carbocycles. The lowest BCUT2D eigenvalue weighted by molar-refractivity contribution is -0.121. The van der Waals surface area contributed by atoms with Crippen LogP contribution in [-0.4, -0.2) is 38.1 Å². The number of amides is 1. The largest absolute Gasteiger partial charge is 0.462 e. The molecule has 1 amide bonds. The van der Waals surface area contributed by atoms with Gasteiger partial charge in [0.2, 0.25) is 5.91 Å². The van der Waals surface area contributed by atoms with Gasteiger partial charge in [0.15, 0.2) is 0 Å². The van der Waals surface area contributed by atoms with Crippen molar-refractivity contribution in [3.63, 3.8) is 0 Å². The first-order valence-corrected chi connectivity index (χ1v) is 12.4. The molecule has 0 spiro atoms. The van der Waals surface area contributed by atoms with Gasteiger partial charge in [0.1, 0.15) is 11.4 Å². The number of hydrogen-bond acceptors (Lipinski definition) is 7. The molecule has 0 bridgehead atoms. The summed E-state index contributed by atoms with van der Waals surface area (Å²) in [6, 6.07) is 6.79. The molecule has 182 valence electrons. The fraction of sp³-hybridized carbons (Fsp3) is 0.538. The van der Waals surface area contributed by atoms with Crippen molar-refractivity contribution in [3.8, 4) is 0 Å². The van der Waals surface area contributed by atoms with E-state index >= 15 is 0 Å². The van der Waals surface area contributed by atoms with Gasteiger partial charge in [-0.05, 0) is 76.0 Å². The number of esters is 1. The summed E-state index contributed by atoms with van der Waals surface area (Å²) in [4.78, 5) is 51.0. The Morgan fingerprint density at radius 2 is 1.76 bits per heavy atom. The van der Waals surface area contributed by atoms with Gasteiger partial charge >= 0.3 is 5.97 Å². The molecule has 1 heterocycles. The highest BCUT2D eigenvalue weighted by atomic mass is 16.5. The van der Waals surface area contributed by atoms with Gasteiger partial charge in [-0.1, -0.05) is 6.07 Å². The second-order valence-corrected chi connectivity index (χ2v) is 9.32. The van der Waals surface area contributed by atoms with Gasteiger partial charge < -0.3 is 20.3 Å². The third-order valence-electron chi connectivity index (χ3n) is 6.98. The van der Waals surface area contributed by atoms with Crippen LogP contribution in [0.5, 0.6) is 0 Å². The number of nitrogens with zero attached hydrogens (tertiary/aromatic N) is 1. The van der Waals surface area contributed by atoms with Gasteiger partial charge in [-0.2, -0.15) is 0 Å². The maximum absolute atomic E-state index is 12.8. The molecule has 2 N–H and O–H groups in total. The molecular weight excluding hydrogens is 434 g/mol. The Balaban J connectivity index is 1.26. The monoisotopic (exact) mass is 467 g/mol. The summed E-state index contributed by atoms with van der Waals surface area (Å²) in [7, 11) is 0. The SMILES string of the molecule is CCOC(=O)c1cccc(NC(=O)C2CCC(CNc3c(N4CCCCC4)c(=O)c3=O)CC2)c1. The van der Waals surface area contributed by atoms with Crippen molar-refractivity contribution in [2.45, 2.75) is 51.9 Å². The molecule has 2 aromatic carbocycles. The van der Waals surface area contributed by atoms with Crippen molar-refractivity contribution in [3.05, 3.63) is 50.3 Å². The number of nitrogens with one attached hydrogen (secondary N) is 2. The molecule has 2 aromatic rings. The Morgan fingerprint density at radius 3 is 2.47 bits per heavy atom. The third kappa shape index (κ3) is 5.32. The lowest BCUT2D eigenvalue weighted by Gasteiger charge is -2.32. The molecule has 0 aromatic heterocycles. The van der Waals surface area contributed by atoms with Crippen molar-refractivity contribution in [2.24, 2.45) is 11.8 Å². The second kappa shape index (κ2) is 10.8. The van der Waals surface area contributed by atoms with Crippen LogP contribution >= 0.6 is 0 Å². The van der Waals surface area contributed by atoms with Crippen LogP contribution in [0.15, 0.2) is 33.9 Å². The Hall–Kier alpha value is -3.16. The molecule has 2 aliphatic rings. The Bertz CT molecular complexity index is 1090.